The van der Waals surface area contributed by atoms with Crippen molar-refractivity contribution in [3.05, 3.63) is 59.3 Å². The summed E-state index contributed by atoms with van der Waals surface area (Å²) in [6.07, 6.45) is 2.84. The normalized spacial score (nSPS) is 9.24. The SMILES string of the molecule is O=C(Oc1ccccc1)[n+]1cccc(Br)c1.[Cl-]. The number of benzene rings is 1. The lowest BCUT2D eigenvalue weighted by Gasteiger charge is -1.98. The predicted molar refractivity (Wildman–Crippen MR) is 62.2 cm³/mol. The van der Waals surface area contributed by atoms with Gasteiger partial charge >= 0.3 is 6.09 Å². The molecule has 2 rings (SSSR count). The van der Waals surface area contributed by atoms with Gasteiger partial charge < -0.3 is 17.1 Å². The van der Waals surface area contributed by atoms with E-state index in [0.717, 1.165) is 4.47 Å². The largest absolute Gasteiger partial charge is 1.00 e. The number of hydrogen-bond donors (Lipinski definition) is 0. The summed E-state index contributed by atoms with van der Waals surface area (Å²) in [6.45, 7) is 0. The van der Waals surface area contributed by atoms with Gasteiger partial charge in [-0.25, -0.2) is 0 Å². The molecule has 0 unspecified atom stereocenters. The number of rotatable bonds is 1. The number of ether oxygens (including phenoxy) is 1. The maximum Gasteiger partial charge on any atom is 0.607 e. The Morgan fingerprint density at radius 2 is 1.82 bits per heavy atom. The van der Waals surface area contributed by atoms with Gasteiger partial charge in [-0.05, 0) is 34.1 Å². The Bertz CT molecular complexity index is 505. The minimum Gasteiger partial charge on any atom is -1.00 e. The highest BCUT2D eigenvalue weighted by Gasteiger charge is 2.16. The van der Waals surface area contributed by atoms with Crippen molar-refractivity contribution in [1.82, 2.24) is 0 Å². The summed E-state index contributed by atoms with van der Waals surface area (Å²) in [6, 6.07) is 12.6. The van der Waals surface area contributed by atoms with Crippen molar-refractivity contribution in [1.29, 1.82) is 0 Å². The molecule has 0 aliphatic heterocycles. The molecule has 2 aromatic rings. The number of nitrogens with zero attached hydrogens (tertiary/aromatic N) is 1. The quantitative estimate of drug-likeness (QED) is 0.682. The second-order valence-electron chi connectivity index (χ2n) is 3.11. The maximum absolute atomic E-state index is 11.7. The Labute approximate surface area is 114 Å². The van der Waals surface area contributed by atoms with Crippen LogP contribution < -0.4 is 21.7 Å². The Kier molecular flexibility index (Phi) is 5.12. The second kappa shape index (κ2) is 6.37. The predicted octanol–water partition coefficient (Wildman–Crippen LogP) is -0.212. The van der Waals surface area contributed by atoms with E-state index in [1.807, 2.05) is 24.3 Å². The molecular weight excluding hydrogens is 305 g/mol. The molecule has 0 saturated carbocycles. The van der Waals surface area contributed by atoms with Crippen molar-refractivity contribution in [3.63, 3.8) is 0 Å². The van der Waals surface area contributed by atoms with E-state index >= 15 is 0 Å². The van der Waals surface area contributed by atoms with Gasteiger partial charge in [0.1, 0.15) is 5.75 Å². The van der Waals surface area contributed by atoms with E-state index in [1.165, 1.54) is 4.57 Å². The second-order valence-corrected chi connectivity index (χ2v) is 4.03. The smallest absolute Gasteiger partial charge is 0.607 e. The van der Waals surface area contributed by atoms with Crippen molar-refractivity contribution in [3.8, 4) is 5.75 Å². The van der Waals surface area contributed by atoms with Gasteiger partial charge in [-0.2, -0.15) is 4.79 Å². The standard InChI is InChI=1S/C12H9BrNO2.ClH/c13-10-5-4-8-14(9-10)12(15)16-11-6-2-1-3-7-11;/h1-9H;1H/q+1;/p-1. The molecule has 0 aliphatic carbocycles. The first-order valence-corrected chi connectivity index (χ1v) is 5.49. The van der Waals surface area contributed by atoms with Gasteiger partial charge in [0.2, 0.25) is 0 Å². The molecule has 0 saturated heterocycles. The highest BCUT2D eigenvalue weighted by molar-refractivity contribution is 9.10. The number of aromatic nitrogens is 1. The molecule has 17 heavy (non-hydrogen) atoms. The van der Waals surface area contributed by atoms with Crippen LogP contribution in [0.2, 0.25) is 0 Å². The number of carbonyl (C=O) groups is 1. The van der Waals surface area contributed by atoms with Crippen LogP contribution in [-0.4, -0.2) is 6.09 Å². The van der Waals surface area contributed by atoms with Gasteiger partial charge in [-0.1, -0.05) is 22.8 Å². The molecule has 0 aliphatic rings. The Hall–Kier alpha value is -1.39. The Balaban J connectivity index is 0.00000144. The fourth-order valence-corrected chi connectivity index (χ4v) is 1.58. The van der Waals surface area contributed by atoms with Gasteiger partial charge in [-0.3, -0.25) is 0 Å². The molecule has 0 amide bonds. The monoisotopic (exact) mass is 313 g/mol. The number of carbonyl (C=O) groups excluding carboxylic acids is 1. The van der Waals surface area contributed by atoms with Crippen molar-refractivity contribution < 1.29 is 26.5 Å². The lowest BCUT2D eigenvalue weighted by molar-refractivity contribution is -0.582. The van der Waals surface area contributed by atoms with Crippen molar-refractivity contribution in [2.45, 2.75) is 0 Å². The summed E-state index contributed by atoms with van der Waals surface area (Å²) in [7, 11) is 0. The minimum absolute atomic E-state index is 0. The molecule has 1 heterocycles. The van der Waals surface area contributed by atoms with Crippen molar-refractivity contribution in [2.24, 2.45) is 0 Å². The molecule has 1 aromatic heterocycles. The van der Waals surface area contributed by atoms with Crippen LogP contribution in [0.1, 0.15) is 0 Å². The fraction of sp³-hybridized carbons (Fsp3) is 0. The molecule has 0 fully saturated rings. The van der Waals surface area contributed by atoms with Crippen molar-refractivity contribution >= 4 is 22.0 Å². The van der Waals surface area contributed by atoms with Crippen LogP contribution in [0.25, 0.3) is 0 Å². The first-order valence-electron chi connectivity index (χ1n) is 4.70. The zero-order chi connectivity index (χ0) is 11.4. The number of para-hydroxylation sites is 1. The van der Waals surface area contributed by atoms with Crippen LogP contribution in [0.15, 0.2) is 59.3 Å². The van der Waals surface area contributed by atoms with Crippen LogP contribution in [0.5, 0.6) is 5.75 Å². The van der Waals surface area contributed by atoms with E-state index in [2.05, 4.69) is 15.9 Å². The van der Waals surface area contributed by atoms with Crippen LogP contribution in [0.4, 0.5) is 4.79 Å². The van der Waals surface area contributed by atoms with E-state index in [-0.39, 0.29) is 12.4 Å². The highest BCUT2D eigenvalue weighted by Crippen LogP contribution is 2.08. The van der Waals surface area contributed by atoms with Gasteiger partial charge in [0, 0.05) is 6.07 Å². The third-order valence-corrected chi connectivity index (χ3v) is 2.39. The number of hydrogen-bond acceptors (Lipinski definition) is 2. The van der Waals surface area contributed by atoms with E-state index in [1.54, 1.807) is 30.6 Å². The lowest BCUT2D eigenvalue weighted by atomic mass is 10.3. The molecule has 0 atom stereocenters. The zero-order valence-corrected chi connectivity index (χ0v) is 11.1. The van der Waals surface area contributed by atoms with Crippen LogP contribution in [0, 0.1) is 0 Å². The van der Waals surface area contributed by atoms with Gasteiger partial charge in [0.05, 0.1) is 4.47 Å². The van der Waals surface area contributed by atoms with E-state index in [0.29, 0.717) is 5.75 Å². The van der Waals surface area contributed by atoms with Gasteiger partial charge in [0.15, 0.2) is 12.4 Å². The molecule has 0 bridgehead atoms. The van der Waals surface area contributed by atoms with E-state index in [4.69, 9.17) is 4.74 Å². The fourth-order valence-electron chi connectivity index (χ4n) is 1.20. The Morgan fingerprint density at radius 3 is 2.47 bits per heavy atom. The van der Waals surface area contributed by atoms with E-state index in [9.17, 15) is 4.79 Å². The summed E-state index contributed by atoms with van der Waals surface area (Å²) in [5, 5.41) is 0. The average molecular weight is 315 g/mol. The topological polar surface area (TPSA) is 30.2 Å². The van der Waals surface area contributed by atoms with Gasteiger partial charge in [-0.15, -0.1) is 0 Å². The van der Waals surface area contributed by atoms with Crippen molar-refractivity contribution in [2.75, 3.05) is 0 Å². The first-order chi connectivity index (χ1) is 7.75. The summed E-state index contributed by atoms with van der Waals surface area (Å²) in [5.41, 5.74) is 0. The van der Waals surface area contributed by atoms with Gasteiger partial charge in [0.25, 0.3) is 0 Å². The molecule has 5 heteroatoms. The zero-order valence-electron chi connectivity index (χ0n) is 8.72. The average Bonchev–Trinajstić information content (AvgIpc) is 2.30. The Morgan fingerprint density at radius 1 is 1.12 bits per heavy atom. The highest BCUT2D eigenvalue weighted by atomic mass is 79.9. The first kappa shape index (κ1) is 13.7. The molecular formula is C12H9BrClNO2. The molecule has 3 nitrogen and oxygen atoms in total. The summed E-state index contributed by atoms with van der Waals surface area (Å²) >= 11 is 3.29. The van der Waals surface area contributed by atoms with Crippen LogP contribution in [0.3, 0.4) is 0 Å². The third kappa shape index (κ3) is 3.84. The summed E-state index contributed by atoms with van der Waals surface area (Å²) in [4.78, 5) is 11.7. The molecule has 88 valence electrons. The van der Waals surface area contributed by atoms with Crippen LogP contribution >= 0.6 is 15.9 Å². The minimum atomic E-state index is -0.437. The van der Waals surface area contributed by atoms with Crippen LogP contribution in [-0.2, 0) is 0 Å². The molecule has 1 aromatic carbocycles. The molecule has 0 spiro atoms. The molecule has 0 N–H and O–H groups in total. The third-order valence-electron chi connectivity index (χ3n) is 1.92. The lowest BCUT2D eigenvalue weighted by Crippen LogP contribution is -3.00. The van der Waals surface area contributed by atoms with E-state index < -0.39 is 6.09 Å². The summed E-state index contributed by atoms with van der Waals surface area (Å²) in [5.74, 6) is 0.528. The maximum atomic E-state index is 11.7. The summed E-state index contributed by atoms with van der Waals surface area (Å²) < 4.78 is 7.35. The number of halogens is 2. The molecule has 0 radical (unpaired) electrons. The number of pyridine rings is 1.